The number of aryl methyl sites for hydroxylation is 1. The molecule has 6 nitrogen and oxygen atoms in total. The zero-order chi connectivity index (χ0) is 25.0. The summed E-state index contributed by atoms with van der Waals surface area (Å²) >= 11 is 0. The number of carbonyl (C=O) groups is 1. The smallest absolute Gasteiger partial charge is 0.302 e. The lowest BCUT2D eigenvalue weighted by Gasteiger charge is -2.57. The second-order valence-corrected chi connectivity index (χ2v) is 13.4. The van der Waals surface area contributed by atoms with Crippen LogP contribution in [-0.2, 0) is 19.6 Å². The zero-order valence-corrected chi connectivity index (χ0v) is 22.2. The molecule has 1 aromatic rings. The molecule has 6 unspecified atom stereocenters. The molecule has 35 heavy (non-hydrogen) atoms. The van der Waals surface area contributed by atoms with Crippen LogP contribution in [0.2, 0.25) is 0 Å². The van der Waals surface area contributed by atoms with E-state index in [0.29, 0.717) is 17.8 Å². The van der Waals surface area contributed by atoms with Gasteiger partial charge in [0.05, 0.1) is 4.90 Å². The SMILES string of the molecule is CC(=O)OC1CCC2(C)C(=CCC3C2CCC2(C)/C(=N/NS(=O)(=O)c4ccc(C)cc4)CCC32)C1. The highest BCUT2D eigenvalue weighted by Crippen LogP contribution is 2.64. The normalized spacial score (nSPS) is 37.6. The van der Waals surface area contributed by atoms with Gasteiger partial charge in [-0.3, -0.25) is 4.79 Å². The van der Waals surface area contributed by atoms with Gasteiger partial charge in [-0.2, -0.15) is 13.5 Å². The Morgan fingerprint density at radius 1 is 1.06 bits per heavy atom. The Balaban J connectivity index is 1.34. The molecular formula is C28H38N2O4S. The fraction of sp³-hybridized carbons (Fsp3) is 0.643. The quantitative estimate of drug-likeness (QED) is 0.336. The van der Waals surface area contributed by atoms with Crippen molar-refractivity contribution in [2.24, 2.45) is 33.7 Å². The van der Waals surface area contributed by atoms with Crippen LogP contribution in [0, 0.1) is 35.5 Å². The van der Waals surface area contributed by atoms with Crippen molar-refractivity contribution in [1.29, 1.82) is 0 Å². The van der Waals surface area contributed by atoms with Gasteiger partial charge in [0.1, 0.15) is 6.10 Å². The Morgan fingerprint density at radius 3 is 2.46 bits per heavy atom. The van der Waals surface area contributed by atoms with E-state index < -0.39 is 10.0 Å². The molecule has 3 saturated carbocycles. The van der Waals surface area contributed by atoms with E-state index in [2.05, 4.69) is 29.9 Å². The van der Waals surface area contributed by atoms with Gasteiger partial charge in [0, 0.05) is 24.5 Å². The summed E-state index contributed by atoms with van der Waals surface area (Å²) in [6.45, 7) is 8.18. The summed E-state index contributed by atoms with van der Waals surface area (Å²) in [6.07, 6.45) is 10.5. The standard InChI is InChI=1S/C28H38N2O4S/c1-18-5-8-22(9-6-18)35(32,33)30-29-26-12-11-24-23-10-7-20-17-21(34-19(2)31)13-15-27(20,3)25(23)14-16-28(24,26)4/h5-9,21,23-25,30H,10-17H2,1-4H3/b29-26+. The molecule has 6 atom stereocenters. The Bertz CT molecular complexity index is 1170. The second kappa shape index (κ2) is 8.75. The van der Waals surface area contributed by atoms with Crippen molar-refractivity contribution in [2.75, 3.05) is 0 Å². The number of esters is 1. The van der Waals surface area contributed by atoms with Crippen LogP contribution < -0.4 is 4.83 Å². The summed E-state index contributed by atoms with van der Waals surface area (Å²) in [5.74, 6) is 1.55. The summed E-state index contributed by atoms with van der Waals surface area (Å²) in [7, 11) is -3.67. The van der Waals surface area contributed by atoms with E-state index in [0.717, 1.165) is 62.6 Å². The molecule has 0 radical (unpaired) electrons. The maximum Gasteiger partial charge on any atom is 0.302 e. The van der Waals surface area contributed by atoms with Gasteiger partial charge in [-0.15, -0.1) is 0 Å². The first-order valence-electron chi connectivity index (χ1n) is 13.1. The third-order valence-electron chi connectivity index (χ3n) is 9.76. The van der Waals surface area contributed by atoms with E-state index in [9.17, 15) is 13.2 Å². The molecule has 0 aromatic heterocycles. The number of nitrogens with one attached hydrogen (secondary N) is 1. The Kier molecular flexibility index (Phi) is 6.14. The van der Waals surface area contributed by atoms with Crippen molar-refractivity contribution < 1.29 is 17.9 Å². The van der Waals surface area contributed by atoms with Gasteiger partial charge >= 0.3 is 5.97 Å². The van der Waals surface area contributed by atoms with Crippen molar-refractivity contribution in [3.63, 3.8) is 0 Å². The topological polar surface area (TPSA) is 84.8 Å². The van der Waals surface area contributed by atoms with Crippen LogP contribution in [0.5, 0.6) is 0 Å². The zero-order valence-electron chi connectivity index (χ0n) is 21.3. The molecule has 0 heterocycles. The van der Waals surface area contributed by atoms with Crippen LogP contribution in [0.1, 0.15) is 77.7 Å². The fourth-order valence-electron chi connectivity index (χ4n) is 7.82. The molecule has 0 spiro atoms. The van der Waals surface area contributed by atoms with Crippen LogP contribution in [-0.4, -0.2) is 26.2 Å². The van der Waals surface area contributed by atoms with E-state index in [1.165, 1.54) is 12.5 Å². The molecule has 3 fully saturated rings. The first kappa shape index (κ1) is 24.5. The lowest BCUT2D eigenvalue weighted by Crippen LogP contribution is -2.50. The molecule has 5 rings (SSSR count). The highest BCUT2D eigenvalue weighted by molar-refractivity contribution is 7.89. The van der Waals surface area contributed by atoms with Crippen molar-refractivity contribution in [2.45, 2.75) is 90.1 Å². The molecule has 0 aliphatic heterocycles. The number of hydrogen-bond acceptors (Lipinski definition) is 5. The van der Waals surface area contributed by atoms with Gasteiger partial charge in [-0.1, -0.05) is 43.2 Å². The lowest BCUT2D eigenvalue weighted by molar-refractivity contribution is -0.148. The number of hydrogen-bond donors (Lipinski definition) is 1. The van der Waals surface area contributed by atoms with Crippen LogP contribution >= 0.6 is 0 Å². The molecule has 0 amide bonds. The number of fused-ring (bicyclic) bond motifs is 5. The largest absolute Gasteiger partial charge is 0.462 e. The number of rotatable bonds is 4. The van der Waals surface area contributed by atoms with Gasteiger partial charge in [-0.25, -0.2) is 4.83 Å². The number of sulfonamides is 1. The number of benzene rings is 1. The molecular weight excluding hydrogens is 460 g/mol. The first-order valence-corrected chi connectivity index (χ1v) is 14.5. The van der Waals surface area contributed by atoms with Gasteiger partial charge in [0.25, 0.3) is 10.0 Å². The Hall–Kier alpha value is -2.15. The minimum absolute atomic E-state index is 0.0176. The number of ether oxygens (including phenoxy) is 1. The highest BCUT2D eigenvalue weighted by atomic mass is 32.2. The average molecular weight is 499 g/mol. The molecule has 4 aliphatic rings. The number of allylic oxidation sites excluding steroid dienone is 1. The maximum absolute atomic E-state index is 12.8. The van der Waals surface area contributed by atoms with E-state index in [1.54, 1.807) is 24.3 Å². The third kappa shape index (κ3) is 4.24. The van der Waals surface area contributed by atoms with E-state index in [4.69, 9.17) is 4.74 Å². The third-order valence-corrected chi connectivity index (χ3v) is 11.0. The van der Waals surface area contributed by atoms with Crippen LogP contribution in [0.3, 0.4) is 0 Å². The molecule has 4 aliphatic carbocycles. The van der Waals surface area contributed by atoms with E-state index in [-0.39, 0.29) is 27.8 Å². The molecule has 7 heteroatoms. The summed E-state index contributed by atoms with van der Waals surface area (Å²) in [6, 6.07) is 6.87. The van der Waals surface area contributed by atoms with E-state index >= 15 is 0 Å². The predicted molar refractivity (Wildman–Crippen MR) is 136 cm³/mol. The molecule has 1 aromatic carbocycles. The predicted octanol–water partition coefficient (Wildman–Crippen LogP) is 5.52. The van der Waals surface area contributed by atoms with E-state index in [1.807, 2.05) is 6.92 Å². The monoisotopic (exact) mass is 498 g/mol. The lowest BCUT2D eigenvalue weighted by atomic mass is 9.48. The summed E-state index contributed by atoms with van der Waals surface area (Å²) in [5, 5.41) is 4.54. The van der Waals surface area contributed by atoms with Crippen LogP contribution in [0.25, 0.3) is 0 Å². The number of carbonyl (C=O) groups excluding carboxylic acids is 1. The number of hydrazone groups is 1. The summed E-state index contributed by atoms with van der Waals surface area (Å²) in [5.41, 5.74) is 3.63. The minimum Gasteiger partial charge on any atom is -0.462 e. The summed E-state index contributed by atoms with van der Waals surface area (Å²) in [4.78, 5) is 14.3. The van der Waals surface area contributed by atoms with Crippen LogP contribution in [0.4, 0.5) is 0 Å². The minimum atomic E-state index is -3.67. The van der Waals surface area contributed by atoms with Crippen molar-refractivity contribution in [3.8, 4) is 0 Å². The van der Waals surface area contributed by atoms with Crippen molar-refractivity contribution >= 4 is 21.7 Å². The van der Waals surface area contributed by atoms with Gasteiger partial charge in [0.15, 0.2) is 0 Å². The van der Waals surface area contributed by atoms with Crippen molar-refractivity contribution in [3.05, 3.63) is 41.5 Å². The second-order valence-electron chi connectivity index (χ2n) is 11.7. The van der Waals surface area contributed by atoms with Gasteiger partial charge < -0.3 is 4.74 Å². The molecule has 1 N–H and O–H groups in total. The highest BCUT2D eigenvalue weighted by Gasteiger charge is 2.58. The maximum atomic E-state index is 12.8. The molecule has 190 valence electrons. The average Bonchev–Trinajstić information content (AvgIpc) is 3.14. The molecule has 0 bridgehead atoms. The summed E-state index contributed by atoms with van der Waals surface area (Å²) < 4.78 is 31.2. The van der Waals surface area contributed by atoms with Crippen LogP contribution in [0.15, 0.2) is 45.9 Å². The Labute approximate surface area is 209 Å². The molecule has 0 saturated heterocycles. The van der Waals surface area contributed by atoms with Crippen molar-refractivity contribution in [1.82, 2.24) is 4.83 Å². The Morgan fingerprint density at radius 2 is 1.74 bits per heavy atom. The van der Waals surface area contributed by atoms with Gasteiger partial charge in [-0.05, 0) is 87.2 Å². The fourth-order valence-corrected chi connectivity index (χ4v) is 8.65. The first-order chi connectivity index (χ1) is 16.5. The van der Waals surface area contributed by atoms with Gasteiger partial charge in [0.2, 0.25) is 0 Å². The number of nitrogens with zero attached hydrogens (tertiary/aromatic N) is 1.